The van der Waals surface area contributed by atoms with E-state index >= 15 is 0 Å². The highest BCUT2D eigenvalue weighted by atomic mass is 19.4. The maximum atomic E-state index is 13.4. The molecule has 1 N–H and O–H groups in total. The molecule has 0 aliphatic heterocycles. The van der Waals surface area contributed by atoms with Crippen LogP contribution >= 0.6 is 0 Å². The van der Waals surface area contributed by atoms with E-state index in [2.05, 4.69) is 5.16 Å². The molecule has 3 aromatic carbocycles. The van der Waals surface area contributed by atoms with Crippen molar-refractivity contribution in [3.05, 3.63) is 88.0 Å². The molecule has 4 rings (SSSR count). The minimum Gasteiger partial charge on any atom is -0.449 e. The number of nitrogens with zero attached hydrogens (tertiary/aromatic N) is 2. The zero-order chi connectivity index (χ0) is 26.0. The van der Waals surface area contributed by atoms with E-state index in [4.69, 9.17) is 9.26 Å². The number of fused-ring (bicyclic) bond motifs is 1. The van der Waals surface area contributed by atoms with Gasteiger partial charge in [-0.15, -0.1) is 0 Å². The number of halogens is 3. The topological polar surface area (TPSA) is 125 Å². The van der Waals surface area contributed by atoms with E-state index in [9.17, 15) is 32.9 Å². The fraction of sp³-hybridized carbons (Fsp3) is 0.125. The second-order valence-electron chi connectivity index (χ2n) is 7.63. The quantitative estimate of drug-likeness (QED) is 0.208. The monoisotopic (exact) mass is 499 g/mol. The van der Waals surface area contributed by atoms with Crippen LogP contribution in [0.2, 0.25) is 0 Å². The van der Waals surface area contributed by atoms with E-state index in [1.54, 1.807) is 24.3 Å². The molecule has 1 aromatic heterocycles. The number of nitro benzene ring substituents is 1. The van der Waals surface area contributed by atoms with Gasteiger partial charge in [-0.3, -0.25) is 14.9 Å². The zero-order valence-electron chi connectivity index (χ0n) is 18.4. The molecule has 0 bridgehead atoms. The molecule has 184 valence electrons. The highest BCUT2D eigenvalue weighted by molar-refractivity contribution is 6.01. The number of carbonyl (C=O) groups excluding carboxylic acids is 2. The highest BCUT2D eigenvalue weighted by Gasteiger charge is 2.36. The minimum atomic E-state index is -4.97. The first-order chi connectivity index (χ1) is 17.0. The van der Waals surface area contributed by atoms with Gasteiger partial charge >= 0.3 is 12.1 Å². The zero-order valence-corrected chi connectivity index (χ0v) is 18.4. The van der Waals surface area contributed by atoms with Gasteiger partial charge in [0.15, 0.2) is 11.9 Å². The lowest BCUT2D eigenvalue weighted by molar-refractivity contribution is -0.385. The van der Waals surface area contributed by atoms with Crippen LogP contribution in [0.5, 0.6) is 0 Å². The summed E-state index contributed by atoms with van der Waals surface area (Å²) in [6.07, 6.45) is -6.46. The van der Waals surface area contributed by atoms with Crippen LogP contribution < -0.4 is 5.32 Å². The summed E-state index contributed by atoms with van der Waals surface area (Å²) in [5.74, 6) is -1.54. The molecule has 9 nitrogen and oxygen atoms in total. The molecular formula is C24H16F3N3O6. The molecule has 1 amide bonds. The third-order valence-corrected chi connectivity index (χ3v) is 5.18. The molecule has 0 aliphatic rings. The Bertz CT molecular complexity index is 1470. The maximum Gasteiger partial charge on any atom is 0.418 e. The molecular weight excluding hydrogens is 483 g/mol. The molecule has 12 heteroatoms. The number of nitro groups is 1. The maximum absolute atomic E-state index is 13.4. The molecule has 0 saturated carbocycles. The van der Waals surface area contributed by atoms with E-state index in [1.807, 2.05) is 11.4 Å². The van der Waals surface area contributed by atoms with Gasteiger partial charge in [-0.25, -0.2) is 4.79 Å². The summed E-state index contributed by atoms with van der Waals surface area (Å²) in [5, 5.41) is 17.3. The van der Waals surface area contributed by atoms with Crippen molar-refractivity contribution in [1.82, 2.24) is 5.16 Å². The first-order valence-electron chi connectivity index (χ1n) is 10.4. The van der Waals surface area contributed by atoms with Crippen LogP contribution in [-0.4, -0.2) is 28.1 Å². The van der Waals surface area contributed by atoms with E-state index in [-0.39, 0.29) is 5.56 Å². The fourth-order valence-corrected chi connectivity index (χ4v) is 3.37. The van der Waals surface area contributed by atoms with Gasteiger partial charge in [-0.1, -0.05) is 35.5 Å². The van der Waals surface area contributed by atoms with Crippen molar-refractivity contribution in [3.8, 4) is 11.3 Å². The first-order valence-corrected chi connectivity index (χ1v) is 10.4. The number of carbonyl (C=O) groups is 2. The lowest BCUT2D eigenvalue weighted by atomic mass is 10.1. The SMILES string of the molecule is C[C@H](OC(=O)c1ccc2noc(-c3ccccc3)c2c1)C(=O)Nc1ccc([N+](=O)[O-])cc1C(F)(F)F. The fourth-order valence-electron chi connectivity index (χ4n) is 3.37. The molecule has 4 aromatic rings. The predicted octanol–water partition coefficient (Wildman–Crippen LogP) is 5.61. The molecule has 0 radical (unpaired) electrons. The van der Waals surface area contributed by atoms with Crippen LogP contribution in [0.25, 0.3) is 22.2 Å². The van der Waals surface area contributed by atoms with Crippen molar-refractivity contribution in [2.45, 2.75) is 19.2 Å². The number of anilines is 1. The van der Waals surface area contributed by atoms with Gasteiger partial charge in [-0.2, -0.15) is 13.2 Å². The molecule has 0 saturated heterocycles. The number of aromatic nitrogens is 1. The number of hydrogen-bond acceptors (Lipinski definition) is 7. The van der Waals surface area contributed by atoms with Crippen LogP contribution in [0.3, 0.4) is 0 Å². The van der Waals surface area contributed by atoms with Crippen molar-refractivity contribution in [2.24, 2.45) is 0 Å². The average Bonchev–Trinajstić information content (AvgIpc) is 3.27. The van der Waals surface area contributed by atoms with Crippen molar-refractivity contribution < 1.29 is 36.9 Å². The Morgan fingerprint density at radius 3 is 2.47 bits per heavy atom. The van der Waals surface area contributed by atoms with Crippen LogP contribution in [0.15, 0.2) is 71.3 Å². The Hall–Kier alpha value is -4.74. The summed E-state index contributed by atoms with van der Waals surface area (Å²) in [4.78, 5) is 35.0. The average molecular weight is 499 g/mol. The third-order valence-electron chi connectivity index (χ3n) is 5.18. The molecule has 0 aliphatic carbocycles. The number of non-ortho nitro benzene ring substituents is 1. The molecule has 1 atom stereocenters. The number of alkyl halides is 3. The lowest BCUT2D eigenvalue weighted by Crippen LogP contribution is -2.30. The van der Waals surface area contributed by atoms with Gasteiger partial charge < -0.3 is 14.6 Å². The van der Waals surface area contributed by atoms with Crippen LogP contribution in [0.1, 0.15) is 22.8 Å². The summed E-state index contributed by atoms with van der Waals surface area (Å²) in [5.41, 5.74) is -1.64. The van der Waals surface area contributed by atoms with E-state index in [0.29, 0.717) is 22.7 Å². The standard InChI is InChI=1S/C24H16F3N3O6/c1-13(22(31)28-20-10-8-16(30(33)34)12-18(20)24(25,26)27)35-23(32)15-7-9-19-17(11-15)21(36-29-19)14-5-3-2-4-6-14/h2-13H,1H3,(H,28,31)/t13-/m0/s1. The van der Waals surface area contributed by atoms with E-state index in [1.165, 1.54) is 25.1 Å². The Labute approximate surface area is 200 Å². The van der Waals surface area contributed by atoms with Crippen molar-refractivity contribution in [3.63, 3.8) is 0 Å². The largest absolute Gasteiger partial charge is 0.449 e. The number of ether oxygens (including phenoxy) is 1. The van der Waals surface area contributed by atoms with Crippen LogP contribution in [0, 0.1) is 10.1 Å². The predicted molar refractivity (Wildman–Crippen MR) is 121 cm³/mol. The van der Waals surface area contributed by atoms with Gasteiger partial charge in [0, 0.05) is 17.7 Å². The van der Waals surface area contributed by atoms with E-state index in [0.717, 1.165) is 17.7 Å². The Morgan fingerprint density at radius 1 is 1.08 bits per heavy atom. The van der Waals surface area contributed by atoms with Gasteiger partial charge in [-0.05, 0) is 31.2 Å². The van der Waals surface area contributed by atoms with Gasteiger partial charge in [0.05, 0.1) is 27.1 Å². The Balaban J connectivity index is 1.52. The van der Waals surface area contributed by atoms with Crippen molar-refractivity contribution in [1.29, 1.82) is 0 Å². The minimum absolute atomic E-state index is 0.0637. The molecule has 0 fully saturated rings. The van der Waals surface area contributed by atoms with Gasteiger partial charge in [0.1, 0.15) is 5.52 Å². The summed E-state index contributed by atoms with van der Waals surface area (Å²) >= 11 is 0. The van der Waals surface area contributed by atoms with Crippen LogP contribution in [0.4, 0.5) is 24.5 Å². The van der Waals surface area contributed by atoms with Crippen molar-refractivity contribution in [2.75, 3.05) is 5.32 Å². The smallest absolute Gasteiger partial charge is 0.418 e. The molecule has 0 unspecified atom stereocenters. The summed E-state index contributed by atoms with van der Waals surface area (Å²) in [7, 11) is 0. The third kappa shape index (κ3) is 5.02. The Morgan fingerprint density at radius 2 is 1.81 bits per heavy atom. The number of hydrogen-bond donors (Lipinski definition) is 1. The van der Waals surface area contributed by atoms with Gasteiger partial charge in [0.2, 0.25) is 0 Å². The second kappa shape index (κ2) is 9.49. The van der Waals surface area contributed by atoms with E-state index < -0.39 is 46.0 Å². The number of amides is 1. The summed E-state index contributed by atoms with van der Waals surface area (Å²) in [6.45, 7) is 1.18. The highest BCUT2D eigenvalue weighted by Crippen LogP contribution is 2.37. The molecule has 0 spiro atoms. The molecule has 36 heavy (non-hydrogen) atoms. The van der Waals surface area contributed by atoms with Crippen LogP contribution in [-0.2, 0) is 15.7 Å². The lowest BCUT2D eigenvalue weighted by Gasteiger charge is -2.17. The summed E-state index contributed by atoms with van der Waals surface area (Å²) in [6, 6.07) is 15.3. The normalized spacial score (nSPS) is 12.2. The number of nitrogens with one attached hydrogen (secondary N) is 1. The number of benzene rings is 3. The first kappa shape index (κ1) is 24.4. The summed E-state index contributed by atoms with van der Waals surface area (Å²) < 4.78 is 50.6. The number of rotatable bonds is 6. The van der Waals surface area contributed by atoms with Crippen molar-refractivity contribution >= 4 is 34.2 Å². The molecule has 1 heterocycles. The number of esters is 1. The Kier molecular flexibility index (Phi) is 6.43. The van der Waals surface area contributed by atoms with Gasteiger partial charge in [0.25, 0.3) is 11.6 Å². The second-order valence-corrected chi connectivity index (χ2v) is 7.63.